The van der Waals surface area contributed by atoms with Crippen LogP contribution in [0.5, 0.6) is 0 Å². The van der Waals surface area contributed by atoms with Crippen molar-refractivity contribution in [1.82, 2.24) is 0 Å². The summed E-state index contributed by atoms with van der Waals surface area (Å²) in [5, 5.41) is 40.3. The molecular weight excluding hydrogens is 748 g/mol. The smallest absolute Gasteiger partial charge is 0.334 e. The summed E-state index contributed by atoms with van der Waals surface area (Å²) < 4.78 is 33.3. The lowest BCUT2D eigenvalue weighted by Gasteiger charge is -2.54. The highest BCUT2D eigenvalue weighted by molar-refractivity contribution is 5.96. The van der Waals surface area contributed by atoms with Gasteiger partial charge < -0.3 is 44.5 Å². The number of rotatable bonds is 0. The van der Waals surface area contributed by atoms with Crippen molar-refractivity contribution in [1.29, 1.82) is 0 Å². The molecule has 17 atom stereocenters. The number of carbonyl (C=O) groups excluding carboxylic acids is 4. The third kappa shape index (κ3) is 3.76. The number of ether oxygens (including phenoxy) is 5. The minimum atomic E-state index is -2.23. The molecule has 308 valence electrons. The van der Waals surface area contributed by atoms with Gasteiger partial charge in [-0.1, -0.05) is 44.0 Å². The highest BCUT2D eigenvalue weighted by Crippen LogP contribution is 2.80. The Morgan fingerprint density at radius 3 is 1.81 bits per heavy atom. The number of hydrogen-bond donors (Lipinski definition) is 3. The molecule has 2 bridgehead atoms. The van der Waals surface area contributed by atoms with Gasteiger partial charge in [-0.2, -0.15) is 0 Å². The predicted octanol–water partition coefficient (Wildman–Crippen LogP) is 2.92. The summed E-state index contributed by atoms with van der Waals surface area (Å²) in [6, 6.07) is 0. The van der Waals surface area contributed by atoms with E-state index in [1.165, 1.54) is 0 Å². The zero-order valence-electron chi connectivity index (χ0n) is 32.4. The lowest BCUT2D eigenvalue weighted by atomic mass is 9.56. The molecule has 12 rings (SSSR count). The molecule has 58 heavy (non-hydrogen) atoms. The number of allylic oxidation sites excluding steroid dienone is 2. The van der Waals surface area contributed by atoms with Crippen LogP contribution in [0.2, 0.25) is 0 Å². The molecule has 5 heterocycles. The van der Waals surface area contributed by atoms with Gasteiger partial charge in [0.15, 0.2) is 5.79 Å². The quantitative estimate of drug-likeness (QED) is 0.140. The molecule has 0 aromatic heterocycles. The summed E-state index contributed by atoms with van der Waals surface area (Å²) in [7, 11) is 0. The van der Waals surface area contributed by atoms with Crippen LogP contribution >= 0.6 is 0 Å². The number of esters is 3. The number of Topliss-reactive ketones (excluding diaryl/α,β-unsaturated/α-hetero) is 1. The molecule has 0 unspecified atom stereocenters. The molecule has 5 aliphatic heterocycles. The molecule has 5 saturated heterocycles. The van der Waals surface area contributed by atoms with Gasteiger partial charge in [0.1, 0.15) is 35.3 Å². The zero-order chi connectivity index (χ0) is 39.7. The van der Waals surface area contributed by atoms with E-state index in [1.54, 1.807) is 0 Å². The van der Waals surface area contributed by atoms with Crippen molar-refractivity contribution in [2.75, 3.05) is 0 Å². The number of aliphatic hydroxyl groups is 3. The molecule has 5 saturated carbocycles. The Morgan fingerprint density at radius 2 is 1.17 bits per heavy atom. The van der Waals surface area contributed by atoms with Crippen molar-refractivity contribution in [2.24, 2.45) is 52.8 Å². The highest BCUT2D eigenvalue weighted by Gasteiger charge is 2.90. The third-order valence-electron chi connectivity index (χ3n) is 18.0. The fourth-order valence-corrected chi connectivity index (χ4v) is 15.5. The number of fused-ring (bicyclic) bond motifs is 11. The van der Waals surface area contributed by atoms with Gasteiger partial charge in [-0.3, -0.25) is 4.79 Å². The summed E-state index contributed by atoms with van der Waals surface area (Å²) in [5.74, 6) is -10.6. The van der Waals surface area contributed by atoms with Crippen LogP contribution in [-0.4, -0.2) is 91.2 Å². The van der Waals surface area contributed by atoms with E-state index < -0.39 is 106 Å². The summed E-state index contributed by atoms with van der Waals surface area (Å²) in [5.41, 5.74) is -3.39. The standard InChI is InChI=1S/C45H48O12.H2O/c1-18-6-8-23-20(3)37(47)53-33(23)29-26(18)16-28(46)41(29)13-12-40(50)11-10-25-22(5)39(49)55-35(25)31-32(40)36(41)45-42(31,51)14-15-43(56-45)30-27(17-44(43,52)57-45)19(2)7-9-24-21(4)38(48)54-34(24)30;/h23-27,29-31,33-35,50-52H,1-17H2;1H2/t23-,24-,25-,26-,27-,29-,30-,31-,33-,34-,35-,40+,41+,42+,43-,44+,45+;/m0./s1. The summed E-state index contributed by atoms with van der Waals surface area (Å²) in [6.07, 6.45) is 0.832. The van der Waals surface area contributed by atoms with Crippen molar-refractivity contribution < 1.29 is 63.7 Å². The van der Waals surface area contributed by atoms with Crippen LogP contribution in [0.25, 0.3) is 0 Å². The van der Waals surface area contributed by atoms with Crippen LogP contribution in [0.4, 0.5) is 0 Å². The van der Waals surface area contributed by atoms with E-state index in [9.17, 15) is 29.7 Å². The molecular formula is C45H50O13. The van der Waals surface area contributed by atoms with Crippen molar-refractivity contribution in [3.63, 3.8) is 0 Å². The number of hydrogen-bond acceptors (Lipinski definition) is 12. The van der Waals surface area contributed by atoms with E-state index in [1.807, 2.05) is 0 Å². The molecule has 12 aliphatic rings. The molecule has 3 spiro atoms. The Hall–Kier alpha value is -3.72. The average molecular weight is 799 g/mol. The van der Waals surface area contributed by atoms with E-state index in [-0.39, 0.29) is 79.2 Å². The molecule has 0 aromatic rings. The van der Waals surface area contributed by atoms with Gasteiger partial charge in [0.25, 0.3) is 0 Å². The minimum Gasteiger partial charge on any atom is -0.458 e. The van der Waals surface area contributed by atoms with Crippen molar-refractivity contribution >= 4 is 23.7 Å². The summed E-state index contributed by atoms with van der Waals surface area (Å²) in [6.45, 7) is 21.2. The first-order valence-electron chi connectivity index (χ1n) is 20.9. The monoisotopic (exact) mass is 798 g/mol. The Bertz CT molecular complexity index is 2190. The first-order valence-corrected chi connectivity index (χ1v) is 20.9. The second kappa shape index (κ2) is 11.0. The van der Waals surface area contributed by atoms with Crippen LogP contribution < -0.4 is 0 Å². The fourth-order valence-electron chi connectivity index (χ4n) is 15.5. The minimum absolute atomic E-state index is 0. The SMILES string of the molecule is C=C1C(=O)O[C@@H]2[C@@H]3[C@@H](CC(=O)[C@]34CC[C@]3(O)CC[C@H]5C(=C)C(=O)O[C@@H]5[C@@H]5C3=C4[C@@]34O[C@]6(O)C[C@H]7C(=C)CC[C@H]8C(=C)C(=O)O[C@@H]8[C@H]7[C@]6(CC[C@@]53O)O4)C(=C)CC[C@@H]12.O. The molecule has 0 amide bonds. The number of carbonyl (C=O) groups is 4. The molecule has 0 aromatic carbocycles. The molecule has 7 aliphatic carbocycles. The molecule has 13 heteroatoms. The average Bonchev–Trinajstić information content (AvgIpc) is 3.89. The summed E-state index contributed by atoms with van der Waals surface area (Å²) >= 11 is 0. The summed E-state index contributed by atoms with van der Waals surface area (Å²) in [4.78, 5) is 55.4. The Labute approximate surface area is 335 Å². The number of ketones is 1. The lowest BCUT2D eigenvalue weighted by molar-refractivity contribution is -0.322. The third-order valence-corrected chi connectivity index (χ3v) is 18.0. The van der Waals surface area contributed by atoms with Crippen LogP contribution in [0.3, 0.4) is 0 Å². The van der Waals surface area contributed by atoms with Gasteiger partial charge in [0.2, 0.25) is 5.79 Å². The zero-order valence-corrected chi connectivity index (χ0v) is 32.4. The predicted molar refractivity (Wildman–Crippen MR) is 199 cm³/mol. The van der Waals surface area contributed by atoms with E-state index in [2.05, 4.69) is 32.9 Å². The maximum atomic E-state index is 15.5. The largest absolute Gasteiger partial charge is 0.458 e. The first kappa shape index (κ1) is 37.3. The van der Waals surface area contributed by atoms with Crippen LogP contribution in [0, 0.1) is 52.8 Å². The topological polar surface area (TPSA) is 207 Å². The van der Waals surface area contributed by atoms with Crippen LogP contribution in [0.1, 0.15) is 77.0 Å². The normalized spacial score (nSPS) is 54.3. The molecule has 10 fully saturated rings. The van der Waals surface area contributed by atoms with Crippen molar-refractivity contribution in [3.8, 4) is 0 Å². The van der Waals surface area contributed by atoms with Gasteiger partial charge in [-0.05, 0) is 81.6 Å². The van der Waals surface area contributed by atoms with Gasteiger partial charge in [-0.15, -0.1) is 0 Å². The highest BCUT2D eigenvalue weighted by atomic mass is 16.8. The lowest BCUT2D eigenvalue weighted by Crippen LogP contribution is -2.66. The van der Waals surface area contributed by atoms with Crippen molar-refractivity contribution in [2.45, 2.75) is 124 Å². The van der Waals surface area contributed by atoms with Crippen LogP contribution in [0.15, 0.2) is 71.9 Å². The first-order chi connectivity index (χ1) is 27.0. The van der Waals surface area contributed by atoms with Gasteiger partial charge in [0, 0.05) is 64.7 Å². The fraction of sp³-hybridized carbons (Fsp3) is 0.644. The molecule has 5 N–H and O–H groups in total. The second-order valence-electron chi connectivity index (χ2n) is 19.7. The van der Waals surface area contributed by atoms with Gasteiger partial charge in [-0.25, -0.2) is 14.4 Å². The van der Waals surface area contributed by atoms with Crippen LogP contribution in [-0.2, 0) is 42.9 Å². The van der Waals surface area contributed by atoms with Gasteiger partial charge in [0.05, 0.1) is 16.9 Å². The van der Waals surface area contributed by atoms with E-state index >= 15 is 4.79 Å². The van der Waals surface area contributed by atoms with Gasteiger partial charge >= 0.3 is 17.9 Å². The second-order valence-corrected chi connectivity index (χ2v) is 19.7. The molecule has 0 radical (unpaired) electrons. The molecule has 13 nitrogen and oxygen atoms in total. The Kier molecular flexibility index (Phi) is 7.05. The van der Waals surface area contributed by atoms with E-state index in [4.69, 9.17) is 23.7 Å². The maximum absolute atomic E-state index is 15.5. The van der Waals surface area contributed by atoms with Crippen molar-refractivity contribution in [3.05, 3.63) is 71.9 Å². The Balaban J connectivity index is 0.00000385. The van der Waals surface area contributed by atoms with E-state index in [0.29, 0.717) is 48.8 Å². The maximum Gasteiger partial charge on any atom is 0.334 e. The Morgan fingerprint density at radius 1 is 0.603 bits per heavy atom. The van der Waals surface area contributed by atoms with E-state index in [0.717, 1.165) is 11.1 Å².